The average molecular weight is 946 g/mol. The number of unbranched alkanes of at least 4 members (excludes halogenated alkanes) is 32. The summed E-state index contributed by atoms with van der Waals surface area (Å²) in [6.07, 6.45) is 56.1. The first-order chi connectivity index (χ1) is 32.8. The van der Waals surface area contributed by atoms with Crippen LogP contribution < -0.4 is 5.32 Å². The number of carbonyl (C=O) groups is 1. The third kappa shape index (κ3) is 37.6. The SMILES string of the molecule is CCCCCCCCC/C=C\CCCCCCCC(=O)NC(COC1OC(CO)C(O)C(O)C1O)C(O)/C=C/CC/C=C/CC/C=C/CCCCCCCCCCCCCCCCCCCC. The van der Waals surface area contributed by atoms with Crippen molar-refractivity contribution in [3.63, 3.8) is 0 Å². The van der Waals surface area contributed by atoms with Gasteiger partial charge in [0.2, 0.25) is 5.91 Å². The fraction of sp³-hybridized carbons (Fsp3) is 0.845. The van der Waals surface area contributed by atoms with E-state index >= 15 is 0 Å². The van der Waals surface area contributed by atoms with Gasteiger partial charge in [0.15, 0.2) is 6.29 Å². The number of aliphatic hydroxyl groups is 5. The highest BCUT2D eigenvalue weighted by Crippen LogP contribution is 2.23. The lowest BCUT2D eigenvalue weighted by Gasteiger charge is -2.40. The molecule has 1 rings (SSSR count). The van der Waals surface area contributed by atoms with Gasteiger partial charge in [0, 0.05) is 6.42 Å². The summed E-state index contributed by atoms with van der Waals surface area (Å²) in [6.45, 7) is 3.76. The number of aliphatic hydroxyl groups excluding tert-OH is 5. The molecule has 0 aromatic carbocycles. The maximum absolute atomic E-state index is 13.0. The minimum absolute atomic E-state index is 0.199. The summed E-state index contributed by atoms with van der Waals surface area (Å²) >= 11 is 0. The molecule has 0 saturated carbocycles. The molecule has 0 aromatic heterocycles. The van der Waals surface area contributed by atoms with E-state index in [2.05, 4.69) is 55.6 Å². The van der Waals surface area contributed by atoms with Crippen LogP contribution in [0.3, 0.4) is 0 Å². The van der Waals surface area contributed by atoms with Gasteiger partial charge in [-0.15, -0.1) is 0 Å². The molecule has 7 atom stereocenters. The van der Waals surface area contributed by atoms with Gasteiger partial charge in [-0.1, -0.05) is 229 Å². The molecule has 0 radical (unpaired) electrons. The Balaban J connectivity index is 2.26. The molecule has 0 aromatic rings. The Hall–Kier alpha value is -1.85. The number of nitrogens with one attached hydrogen (secondary N) is 1. The van der Waals surface area contributed by atoms with Crippen molar-refractivity contribution >= 4 is 5.91 Å². The molecule has 1 aliphatic rings. The van der Waals surface area contributed by atoms with E-state index in [9.17, 15) is 30.3 Å². The Morgan fingerprint density at radius 2 is 0.851 bits per heavy atom. The van der Waals surface area contributed by atoms with Gasteiger partial charge in [0.25, 0.3) is 0 Å². The van der Waals surface area contributed by atoms with Crippen LogP contribution in [0.15, 0.2) is 48.6 Å². The van der Waals surface area contributed by atoms with Crippen LogP contribution in [0.25, 0.3) is 0 Å². The molecule has 1 amide bonds. The van der Waals surface area contributed by atoms with E-state index in [-0.39, 0.29) is 12.5 Å². The number of allylic oxidation sites excluding steroid dienone is 7. The summed E-state index contributed by atoms with van der Waals surface area (Å²) in [5, 5.41) is 54.4. The van der Waals surface area contributed by atoms with Gasteiger partial charge in [-0.25, -0.2) is 0 Å². The molecule has 392 valence electrons. The molecule has 1 aliphatic heterocycles. The molecule has 7 unspecified atom stereocenters. The highest BCUT2D eigenvalue weighted by Gasteiger charge is 2.44. The van der Waals surface area contributed by atoms with Gasteiger partial charge in [0.1, 0.15) is 24.4 Å². The third-order valence-electron chi connectivity index (χ3n) is 13.4. The molecule has 1 heterocycles. The highest BCUT2D eigenvalue weighted by molar-refractivity contribution is 5.76. The third-order valence-corrected chi connectivity index (χ3v) is 13.4. The lowest BCUT2D eigenvalue weighted by Crippen LogP contribution is -2.60. The Morgan fingerprint density at radius 1 is 0.493 bits per heavy atom. The maximum Gasteiger partial charge on any atom is 0.220 e. The van der Waals surface area contributed by atoms with Gasteiger partial charge in [-0.05, 0) is 70.6 Å². The lowest BCUT2D eigenvalue weighted by molar-refractivity contribution is -0.302. The topological polar surface area (TPSA) is 149 Å². The van der Waals surface area contributed by atoms with E-state index in [1.54, 1.807) is 6.08 Å². The van der Waals surface area contributed by atoms with Crippen molar-refractivity contribution in [2.24, 2.45) is 0 Å². The molecule has 0 aliphatic carbocycles. The van der Waals surface area contributed by atoms with Crippen molar-refractivity contribution in [1.29, 1.82) is 0 Å². The molecule has 9 heteroatoms. The van der Waals surface area contributed by atoms with Crippen LogP contribution in [0.5, 0.6) is 0 Å². The van der Waals surface area contributed by atoms with E-state index in [1.165, 1.54) is 173 Å². The van der Waals surface area contributed by atoms with E-state index in [0.717, 1.165) is 64.2 Å². The van der Waals surface area contributed by atoms with E-state index in [1.807, 2.05) is 6.08 Å². The Morgan fingerprint density at radius 3 is 1.25 bits per heavy atom. The molecule has 67 heavy (non-hydrogen) atoms. The minimum Gasteiger partial charge on any atom is -0.394 e. The maximum atomic E-state index is 13.0. The van der Waals surface area contributed by atoms with Crippen molar-refractivity contribution in [2.75, 3.05) is 13.2 Å². The normalized spacial score (nSPS) is 20.0. The fourth-order valence-electron chi connectivity index (χ4n) is 8.83. The molecular weight excluding hydrogens is 839 g/mol. The van der Waals surface area contributed by atoms with Crippen molar-refractivity contribution < 1.29 is 39.8 Å². The van der Waals surface area contributed by atoms with E-state index < -0.39 is 49.5 Å². The summed E-state index contributed by atoms with van der Waals surface area (Å²) < 4.78 is 11.2. The Labute approximate surface area is 412 Å². The summed E-state index contributed by atoms with van der Waals surface area (Å²) in [6, 6.07) is -0.833. The van der Waals surface area contributed by atoms with Crippen LogP contribution in [0.4, 0.5) is 0 Å². The second-order valence-electron chi connectivity index (χ2n) is 19.7. The molecule has 0 bridgehead atoms. The lowest BCUT2D eigenvalue weighted by atomic mass is 9.99. The Kier molecular flexibility index (Phi) is 45.1. The smallest absolute Gasteiger partial charge is 0.220 e. The van der Waals surface area contributed by atoms with Gasteiger partial charge in [-0.3, -0.25) is 4.79 Å². The van der Waals surface area contributed by atoms with Crippen molar-refractivity contribution in [2.45, 2.75) is 301 Å². The van der Waals surface area contributed by atoms with Crippen molar-refractivity contribution in [3.05, 3.63) is 48.6 Å². The minimum atomic E-state index is -1.58. The second-order valence-corrected chi connectivity index (χ2v) is 19.7. The number of ether oxygens (including phenoxy) is 2. The molecule has 1 saturated heterocycles. The summed E-state index contributed by atoms with van der Waals surface area (Å²) in [7, 11) is 0. The molecular formula is C58H107NO8. The molecule has 6 N–H and O–H groups in total. The first-order valence-corrected chi connectivity index (χ1v) is 28.4. The van der Waals surface area contributed by atoms with Crippen molar-refractivity contribution in [3.8, 4) is 0 Å². The van der Waals surface area contributed by atoms with E-state index in [4.69, 9.17) is 9.47 Å². The van der Waals surface area contributed by atoms with Crippen LogP contribution >= 0.6 is 0 Å². The fourth-order valence-corrected chi connectivity index (χ4v) is 8.83. The van der Waals surface area contributed by atoms with E-state index in [0.29, 0.717) is 6.42 Å². The summed E-state index contributed by atoms with van der Waals surface area (Å²) in [4.78, 5) is 13.0. The first kappa shape index (κ1) is 63.2. The molecule has 0 spiro atoms. The monoisotopic (exact) mass is 946 g/mol. The first-order valence-electron chi connectivity index (χ1n) is 28.4. The number of rotatable bonds is 48. The van der Waals surface area contributed by atoms with Crippen LogP contribution in [0.2, 0.25) is 0 Å². The zero-order valence-corrected chi connectivity index (χ0v) is 43.4. The number of hydrogen-bond donors (Lipinski definition) is 6. The van der Waals surface area contributed by atoms with Gasteiger partial charge < -0.3 is 40.3 Å². The second kappa shape index (κ2) is 47.8. The zero-order valence-electron chi connectivity index (χ0n) is 43.4. The number of hydrogen-bond acceptors (Lipinski definition) is 8. The van der Waals surface area contributed by atoms with Crippen LogP contribution in [0, 0.1) is 0 Å². The van der Waals surface area contributed by atoms with Crippen molar-refractivity contribution in [1.82, 2.24) is 5.32 Å². The predicted molar refractivity (Wildman–Crippen MR) is 281 cm³/mol. The Bertz CT molecular complexity index is 1190. The van der Waals surface area contributed by atoms with Crippen LogP contribution in [-0.4, -0.2) is 87.5 Å². The molecule has 9 nitrogen and oxygen atoms in total. The quantitative estimate of drug-likeness (QED) is 0.0261. The average Bonchev–Trinajstić information content (AvgIpc) is 3.33. The van der Waals surface area contributed by atoms with Crippen LogP contribution in [0.1, 0.15) is 258 Å². The number of carbonyl (C=O) groups excluding carboxylic acids is 1. The molecule has 1 fully saturated rings. The number of amides is 1. The predicted octanol–water partition coefficient (Wildman–Crippen LogP) is 13.7. The zero-order chi connectivity index (χ0) is 48.7. The summed E-state index contributed by atoms with van der Waals surface area (Å²) in [5.41, 5.74) is 0. The van der Waals surface area contributed by atoms with Crippen LogP contribution in [-0.2, 0) is 14.3 Å². The highest BCUT2D eigenvalue weighted by atomic mass is 16.7. The summed E-state index contributed by atoms with van der Waals surface area (Å²) in [5.74, 6) is -0.199. The largest absolute Gasteiger partial charge is 0.394 e. The van der Waals surface area contributed by atoms with Gasteiger partial charge >= 0.3 is 0 Å². The van der Waals surface area contributed by atoms with Gasteiger partial charge in [0.05, 0.1) is 25.4 Å². The standard InChI is InChI=1S/C58H107NO8/c1-3-5-7-9-11-13-15-17-19-21-22-23-24-25-26-27-28-29-30-31-32-33-35-37-39-41-43-45-47-52(61)51(50-66-58-57(65)56(64)55(63)53(49-60)67-58)59-54(62)48-46-44-42-40-38-36-34-20-18-16-14-12-10-8-6-4-2/h20,31-32,34,37,39,45,47,51-53,55-58,60-61,63-65H,3-19,21-30,33,35-36,38,40-44,46,48-50H2,1-2H3,(H,59,62)/b32-31+,34-20-,39-37+,47-45+. The van der Waals surface area contributed by atoms with Gasteiger partial charge in [-0.2, -0.15) is 0 Å².